The van der Waals surface area contributed by atoms with Crippen LogP contribution in [0.15, 0.2) is 29.2 Å². The van der Waals surface area contributed by atoms with E-state index in [0.717, 1.165) is 5.56 Å². The highest BCUT2D eigenvalue weighted by atomic mass is 32.2. The zero-order valence-electron chi connectivity index (χ0n) is 7.77. The normalized spacial score (nSPS) is 17.2. The highest BCUT2D eigenvalue weighted by molar-refractivity contribution is 7.91. The molecule has 0 aromatic heterocycles. The first-order valence-electron chi connectivity index (χ1n) is 4.17. The van der Waals surface area contributed by atoms with Crippen molar-refractivity contribution in [3.05, 3.63) is 35.9 Å². The number of nitrogens with one attached hydrogen (secondary N) is 1. The number of rotatable bonds is 1. The molecule has 0 aliphatic carbocycles. The summed E-state index contributed by atoms with van der Waals surface area (Å²) in [5.74, 6) is -0.0146. The Morgan fingerprint density at radius 3 is 2.87 bits per heavy atom. The molecule has 5 nitrogen and oxygen atoms in total. The van der Waals surface area contributed by atoms with Crippen LogP contribution in [0.25, 0.3) is 6.08 Å². The zero-order valence-corrected chi connectivity index (χ0v) is 8.58. The molecule has 2 rings (SSSR count). The Morgan fingerprint density at radius 2 is 2.20 bits per heavy atom. The van der Waals surface area contributed by atoms with Gasteiger partial charge in [-0.05, 0) is 11.6 Å². The number of nitrogens with two attached hydrogens (primary N) is 1. The minimum Gasteiger partial charge on any atom is -0.382 e. The molecule has 0 unspecified atom stereocenters. The molecule has 1 aliphatic heterocycles. The zero-order chi connectivity index (χ0) is 11.1. The van der Waals surface area contributed by atoms with E-state index in [4.69, 9.17) is 5.73 Å². The van der Waals surface area contributed by atoms with Crippen LogP contribution in [0.1, 0.15) is 11.1 Å². The largest absolute Gasteiger partial charge is 0.382 e. The van der Waals surface area contributed by atoms with E-state index in [1.54, 1.807) is 24.3 Å². The summed E-state index contributed by atoms with van der Waals surface area (Å²) in [4.78, 5) is 0. The SMILES string of the molecule is C=Cc1cccc2c1C(N)=NS(=O)(=O)N2. The second kappa shape index (κ2) is 3.09. The van der Waals surface area contributed by atoms with Gasteiger partial charge in [0, 0.05) is 5.56 Å². The summed E-state index contributed by atoms with van der Waals surface area (Å²) < 4.78 is 28.1. The summed E-state index contributed by atoms with van der Waals surface area (Å²) >= 11 is 0. The van der Waals surface area contributed by atoms with Gasteiger partial charge < -0.3 is 5.73 Å². The molecule has 15 heavy (non-hydrogen) atoms. The minimum atomic E-state index is -3.69. The number of fused-ring (bicyclic) bond motifs is 1. The molecule has 1 aromatic carbocycles. The van der Waals surface area contributed by atoms with E-state index in [0.29, 0.717) is 11.3 Å². The molecule has 0 spiro atoms. The Kier molecular flexibility index (Phi) is 2.01. The molecular weight excluding hydrogens is 214 g/mol. The van der Waals surface area contributed by atoms with Gasteiger partial charge in [-0.2, -0.15) is 8.42 Å². The Hall–Kier alpha value is -1.82. The molecule has 1 aromatic rings. The Morgan fingerprint density at radius 1 is 1.47 bits per heavy atom. The van der Waals surface area contributed by atoms with E-state index >= 15 is 0 Å². The molecule has 78 valence electrons. The third-order valence-corrected chi connectivity index (χ3v) is 2.95. The highest BCUT2D eigenvalue weighted by Crippen LogP contribution is 2.25. The van der Waals surface area contributed by atoms with Gasteiger partial charge in [0.25, 0.3) is 0 Å². The van der Waals surface area contributed by atoms with Crippen LogP contribution in [0.2, 0.25) is 0 Å². The molecule has 0 saturated carbocycles. The van der Waals surface area contributed by atoms with Crippen LogP contribution in [0, 0.1) is 0 Å². The lowest BCUT2D eigenvalue weighted by Crippen LogP contribution is -2.27. The fourth-order valence-corrected chi connectivity index (χ4v) is 2.29. The maximum atomic E-state index is 11.2. The first kappa shape index (κ1) is 9.72. The highest BCUT2D eigenvalue weighted by Gasteiger charge is 2.22. The van der Waals surface area contributed by atoms with E-state index in [1.165, 1.54) is 0 Å². The number of benzene rings is 1. The van der Waals surface area contributed by atoms with Crippen molar-refractivity contribution in [3.63, 3.8) is 0 Å². The van der Waals surface area contributed by atoms with Crippen molar-refractivity contribution >= 4 is 27.8 Å². The summed E-state index contributed by atoms with van der Waals surface area (Å²) in [7, 11) is -3.69. The third kappa shape index (κ3) is 1.59. The van der Waals surface area contributed by atoms with Gasteiger partial charge in [0.05, 0.1) is 5.69 Å². The Balaban J connectivity index is 2.75. The van der Waals surface area contributed by atoms with E-state index in [1.807, 2.05) is 0 Å². The van der Waals surface area contributed by atoms with E-state index < -0.39 is 10.2 Å². The standard InChI is InChI=1S/C9H9N3O2S/c1-2-6-4-3-5-7-8(6)9(10)12-15(13,14)11-7/h2-5,11H,1H2,(H2,10,12). The van der Waals surface area contributed by atoms with Crippen LogP contribution < -0.4 is 10.5 Å². The summed E-state index contributed by atoms with van der Waals surface area (Å²) in [5, 5.41) is 0. The fraction of sp³-hybridized carbons (Fsp3) is 0. The van der Waals surface area contributed by atoms with Crippen molar-refractivity contribution in [2.45, 2.75) is 0 Å². The molecule has 3 N–H and O–H groups in total. The molecule has 0 amide bonds. The number of hydrogen-bond acceptors (Lipinski definition) is 3. The van der Waals surface area contributed by atoms with Gasteiger partial charge in [-0.3, -0.25) is 4.72 Å². The number of nitrogens with zero attached hydrogens (tertiary/aromatic N) is 1. The van der Waals surface area contributed by atoms with Crippen molar-refractivity contribution < 1.29 is 8.42 Å². The van der Waals surface area contributed by atoms with Crippen LogP contribution in [0.5, 0.6) is 0 Å². The van der Waals surface area contributed by atoms with Gasteiger partial charge in [0.2, 0.25) is 0 Å². The molecule has 6 heteroatoms. The van der Waals surface area contributed by atoms with E-state index in [2.05, 4.69) is 15.7 Å². The van der Waals surface area contributed by atoms with E-state index in [-0.39, 0.29) is 5.84 Å². The Labute approximate surface area is 87.5 Å². The van der Waals surface area contributed by atoms with Crippen molar-refractivity contribution in [3.8, 4) is 0 Å². The van der Waals surface area contributed by atoms with Gasteiger partial charge in [-0.15, -0.1) is 4.40 Å². The van der Waals surface area contributed by atoms with Gasteiger partial charge in [-0.1, -0.05) is 24.8 Å². The second-order valence-corrected chi connectivity index (χ2v) is 4.36. The lowest BCUT2D eigenvalue weighted by atomic mass is 10.0. The van der Waals surface area contributed by atoms with Gasteiger partial charge in [-0.25, -0.2) is 0 Å². The monoisotopic (exact) mass is 223 g/mol. The summed E-state index contributed by atoms with van der Waals surface area (Å²) in [5.41, 5.74) is 7.33. The third-order valence-electron chi connectivity index (χ3n) is 2.03. The number of anilines is 1. The van der Waals surface area contributed by atoms with Crippen LogP contribution in [-0.4, -0.2) is 14.3 Å². The lowest BCUT2D eigenvalue weighted by Gasteiger charge is -2.17. The maximum Gasteiger partial charge on any atom is 0.344 e. The summed E-state index contributed by atoms with van der Waals surface area (Å²) in [6, 6.07) is 5.13. The molecular formula is C9H9N3O2S. The predicted molar refractivity (Wildman–Crippen MR) is 59.8 cm³/mol. The molecule has 0 bridgehead atoms. The second-order valence-electron chi connectivity index (χ2n) is 3.03. The number of amidine groups is 1. The maximum absolute atomic E-state index is 11.2. The molecule has 1 aliphatic rings. The van der Waals surface area contributed by atoms with Crippen LogP contribution in [0.4, 0.5) is 5.69 Å². The molecule has 0 fully saturated rings. The van der Waals surface area contributed by atoms with Crippen molar-refractivity contribution in [1.82, 2.24) is 0 Å². The first-order valence-corrected chi connectivity index (χ1v) is 5.61. The van der Waals surface area contributed by atoms with Gasteiger partial charge in [0.1, 0.15) is 5.84 Å². The molecule has 0 atom stereocenters. The molecule has 0 radical (unpaired) electrons. The lowest BCUT2D eigenvalue weighted by molar-refractivity contribution is 0.602. The van der Waals surface area contributed by atoms with Crippen LogP contribution in [0.3, 0.4) is 0 Å². The number of hydrogen-bond donors (Lipinski definition) is 2. The molecule has 0 saturated heterocycles. The first-order chi connectivity index (χ1) is 7.03. The summed E-state index contributed by atoms with van der Waals surface area (Å²) in [6.07, 6.45) is 1.60. The van der Waals surface area contributed by atoms with E-state index in [9.17, 15) is 8.42 Å². The van der Waals surface area contributed by atoms with Crippen molar-refractivity contribution in [2.75, 3.05) is 4.72 Å². The summed E-state index contributed by atoms with van der Waals surface area (Å²) in [6.45, 7) is 3.62. The van der Waals surface area contributed by atoms with Crippen molar-refractivity contribution in [2.24, 2.45) is 10.1 Å². The van der Waals surface area contributed by atoms with Crippen molar-refractivity contribution in [1.29, 1.82) is 0 Å². The quantitative estimate of drug-likeness (QED) is 0.735. The predicted octanol–water partition coefficient (Wildman–Crippen LogP) is 0.705. The van der Waals surface area contributed by atoms with Gasteiger partial charge in [0.15, 0.2) is 0 Å². The smallest absolute Gasteiger partial charge is 0.344 e. The Bertz CT molecular complexity index is 561. The minimum absolute atomic E-state index is 0.0146. The van der Waals surface area contributed by atoms with Crippen LogP contribution >= 0.6 is 0 Å². The topological polar surface area (TPSA) is 84.5 Å². The molecule has 1 heterocycles. The average molecular weight is 223 g/mol. The van der Waals surface area contributed by atoms with Gasteiger partial charge >= 0.3 is 10.2 Å². The average Bonchev–Trinajstić information content (AvgIpc) is 2.14. The van der Waals surface area contributed by atoms with Crippen LogP contribution in [-0.2, 0) is 10.2 Å². The fourth-order valence-electron chi connectivity index (χ4n) is 1.45.